The van der Waals surface area contributed by atoms with Crippen molar-refractivity contribution in [1.82, 2.24) is 24.4 Å². The van der Waals surface area contributed by atoms with E-state index in [1.165, 1.54) is 73.4 Å². The molecule has 0 unspecified atom stereocenters. The summed E-state index contributed by atoms with van der Waals surface area (Å²) in [5, 5.41) is 5.19. The van der Waals surface area contributed by atoms with E-state index in [0.29, 0.717) is 5.56 Å². The number of urea groups is 1. The third-order valence-corrected chi connectivity index (χ3v) is 9.43. The van der Waals surface area contributed by atoms with Crippen molar-refractivity contribution in [2.75, 3.05) is 39.0 Å². The van der Waals surface area contributed by atoms with Crippen LogP contribution in [0.4, 0.5) is 32.4 Å². The molecule has 1 aromatic heterocycles. The van der Waals surface area contributed by atoms with E-state index >= 15 is 0 Å². The van der Waals surface area contributed by atoms with Crippen LogP contribution in [-0.4, -0.2) is 91.5 Å². The van der Waals surface area contributed by atoms with Crippen LogP contribution in [0, 0.1) is 0 Å². The molecule has 0 radical (unpaired) electrons. The number of alkyl halides is 5. The molecule has 278 valence electrons. The minimum Gasteiger partial charge on any atom is -0.406 e. The molecule has 0 spiro atoms. The lowest BCUT2D eigenvalue weighted by Gasteiger charge is -2.39. The van der Waals surface area contributed by atoms with Gasteiger partial charge >= 0.3 is 12.4 Å². The third-order valence-electron chi connectivity index (χ3n) is 7.51. The number of benzene rings is 2. The molecule has 3 aromatic rings. The highest BCUT2D eigenvalue weighted by Gasteiger charge is 2.42. The fraction of sp³-hybridized carbons (Fsp3) is 0.394. The van der Waals surface area contributed by atoms with Gasteiger partial charge in [0.2, 0.25) is 15.9 Å². The van der Waals surface area contributed by atoms with Crippen LogP contribution in [0.15, 0.2) is 71.8 Å². The van der Waals surface area contributed by atoms with Gasteiger partial charge in [-0.3, -0.25) is 14.6 Å². The Morgan fingerprint density at radius 3 is 2.16 bits per heavy atom. The summed E-state index contributed by atoms with van der Waals surface area (Å²) in [5.74, 6) is -4.95. The van der Waals surface area contributed by atoms with E-state index in [1.807, 2.05) is 13.8 Å². The van der Waals surface area contributed by atoms with Gasteiger partial charge in [-0.25, -0.2) is 22.0 Å². The first kappa shape index (κ1) is 40.6. The molecule has 2 N–H and O–H groups in total. The molecule has 0 aliphatic carbocycles. The number of hydrogen-bond acceptors (Lipinski definition) is 7. The highest BCUT2D eigenvalue weighted by molar-refractivity contribution is 7.89. The Hall–Kier alpha value is -4.84. The van der Waals surface area contributed by atoms with Gasteiger partial charge < -0.3 is 25.2 Å². The lowest BCUT2D eigenvalue weighted by Crippen LogP contribution is -2.61. The van der Waals surface area contributed by atoms with Crippen LogP contribution in [0.5, 0.6) is 5.75 Å². The molecule has 0 saturated carbocycles. The second-order valence-corrected chi connectivity index (χ2v) is 13.0. The summed E-state index contributed by atoms with van der Waals surface area (Å²) in [6, 6.07) is 9.20. The summed E-state index contributed by atoms with van der Waals surface area (Å²) in [6.45, 7) is 4.16. The van der Waals surface area contributed by atoms with Gasteiger partial charge in [0.1, 0.15) is 17.5 Å². The molecule has 1 aliphatic rings. The topological polar surface area (TPSA) is 141 Å². The fourth-order valence-electron chi connectivity index (χ4n) is 4.84. The maximum atomic E-state index is 14.0. The lowest BCUT2D eigenvalue weighted by atomic mass is 10.0. The van der Waals surface area contributed by atoms with Crippen LogP contribution >= 0.6 is 0 Å². The maximum absolute atomic E-state index is 14.0. The van der Waals surface area contributed by atoms with Crippen molar-refractivity contribution >= 4 is 33.6 Å². The number of nitrogens with zero attached hydrogens (tertiary/aromatic N) is 4. The Bertz CT molecular complexity index is 1770. The molecule has 12 nitrogen and oxygen atoms in total. The van der Waals surface area contributed by atoms with E-state index in [0.717, 1.165) is 28.6 Å². The summed E-state index contributed by atoms with van der Waals surface area (Å²) < 4.78 is 98.0. The smallest absolute Gasteiger partial charge is 0.406 e. The predicted octanol–water partition coefficient (Wildman–Crippen LogP) is 5.43. The Labute approximate surface area is 292 Å². The molecule has 51 heavy (non-hydrogen) atoms. The molecule has 0 bridgehead atoms. The van der Waals surface area contributed by atoms with Gasteiger partial charge in [0, 0.05) is 64.1 Å². The first-order valence-electron chi connectivity index (χ1n) is 15.8. The highest BCUT2D eigenvalue weighted by Crippen LogP contribution is 2.31. The molecule has 18 heteroatoms. The summed E-state index contributed by atoms with van der Waals surface area (Å²) in [6.07, 6.45) is -4.10. The average molecular weight is 743 g/mol. The Morgan fingerprint density at radius 1 is 0.961 bits per heavy atom. The number of carbonyl (C=O) groups is 3. The number of ether oxygens (including phenoxy) is 1. The first-order chi connectivity index (χ1) is 23.9. The van der Waals surface area contributed by atoms with Gasteiger partial charge in [0.25, 0.3) is 11.8 Å². The van der Waals surface area contributed by atoms with Crippen molar-refractivity contribution in [3.8, 4) is 5.75 Å². The van der Waals surface area contributed by atoms with Crippen molar-refractivity contribution in [2.24, 2.45) is 0 Å². The largest absolute Gasteiger partial charge is 0.573 e. The standard InChI is InChI=1S/C31H33F5N6O6S.C2H6/c1-4-30(32,33)21-7-5-20(6-8-21)18-38-27(43)26-19-41(29(45)39-22-13-14-37-25(17-22)28(44)40(2)3)15-16-42(26)49(46,47)24-11-9-23(10-12-24)48-31(34,35)36;1-2/h5-14,17,26H,4,15-16,18-19H2,1-3H3,(H,38,43)(H,37,39,45);1-2H3/t26-;/m1./s1. The van der Waals surface area contributed by atoms with Crippen LogP contribution in [0.1, 0.15) is 48.8 Å². The van der Waals surface area contributed by atoms with Crippen LogP contribution in [0.2, 0.25) is 0 Å². The second-order valence-electron chi connectivity index (χ2n) is 11.1. The molecule has 2 aromatic carbocycles. The van der Waals surface area contributed by atoms with E-state index in [9.17, 15) is 44.8 Å². The Kier molecular flexibility index (Phi) is 13.5. The van der Waals surface area contributed by atoms with Crippen LogP contribution in [0.25, 0.3) is 0 Å². The van der Waals surface area contributed by atoms with Gasteiger partial charge in [-0.05, 0) is 42.0 Å². The van der Waals surface area contributed by atoms with Crippen LogP contribution < -0.4 is 15.4 Å². The van der Waals surface area contributed by atoms with E-state index in [1.54, 1.807) is 0 Å². The molecule has 4 rings (SSSR count). The van der Waals surface area contributed by atoms with Crippen LogP contribution in [0.3, 0.4) is 0 Å². The minimum absolute atomic E-state index is 0.0501. The average Bonchev–Trinajstić information content (AvgIpc) is 3.10. The van der Waals surface area contributed by atoms with Crippen molar-refractivity contribution in [1.29, 1.82) is 0 Å². The molecule has 4 amide bonds. The molecule has 1 saturated heterocycles. The van der Waals surface area contributed by atoms with Gasteiger partial charge in [-0.1, -0.05) is 45.0 Å². The molecule has 1 fully saturated rings. The number of pyridine rings is 1. The summed E-state index contributed by atoms with van der Waals surface area (Å²) in [7, 11) is -1.46. The molecule has 1 atom stereocenters. The second kappa shape index (κ2) is 16.9. The van der Waals surface area contributed by atoms with E-state index in [2.05, 4.69) is 20.4 Å². The summed E-state index contributed by atoms with van der Waals surface area (Å²) in [4.78, 5) is 45.2. The number of aromatic nitrogens is 1. The number of rotatable bonds is 10. The lowest BCUT2D eigenvalue weighted by molar-refractivity contribution is -0.274. The predicted molar refractivity (Wildman–Crippen MR) is 177 cm³/mol. The Balaban J connectivity index is 0.00000345. The maximum Gasteiger partial charge on any atom is 0.573 e. The van der Waals surface area contributed by atoms with Crippen molar-refractivity contribution in [3.63, 3.8) is 0 Å². The van der Waals surface area contributed by atoms with E-state index < -0.39 is 69.8 Å². The van der Waals surface area contributed by atoms with Gasteiger partial charge in [-0.15, -0.1) is 13.2 Å². The minimum atomic E-state index is -5.00. The quantitative estimate of drug-likeness (QED) is 0.264. The Morgan fingerprint density at radius 2 is 1.59 bits per heavy atom. The zero-order valence-electron chi connectivity index (χ0n) is 28.5. The number of hydrogen-bond donors (Lipinski definition) is 2. The molecular formula is C33H39F5N6O6S. The molecule has 2 heterocycles. The third kappa shape index (κ3) is 10.6. The van der Waals surface area contributed by atoms with Gasteiger partial charge in [0.15, 0.2) is 0 Å². The number of anilines is 1. The number of halogens is 5. The van der Waals surface area contributed by atoms with Gasteiger partial charge in [0.05, 0.1) is 4.90 Å². The number of piperazine rings is 1. The summed E-state index contributed by atoms with van der Waals surface area (Å²) in [5.41, 5.74) is 0.480. The zero-order valence-corrected chi connectivity index (χ0v) is 29.3. The summed E-state index contributed by atoms with van der Waals surface area (Å²) >= 11 is 0. The van der Waals surface area contributed by atoms with Crippen molar-refractivity contribution in [2.45, 2.75) is 57.0 Å². The molecular weight excluding hydrogens is 703 g/mol. The normalized spacial score (nSPS) is 15.3. The SMILES string of the molecule is CC.CCC(F)(F)c1ccc(CNC(=O)[C@H]2CN(C(=O)Nc3ccnc(C(=O)N(C)C)c3)CCN2S(=O)(=O)c2ccc(OC(F)(F)F)cc2)cc1. The first-order valence-corrected chi connectivity index (χ1v) is 17.2. The zero-order chi connectivity index (χ0) is 38.1. The number of sulfonamides is 1. The monoisotopic (exact) mass is 742 g/mol. The highest BCUT2D eigenvalue weighted by atomic mass is 32.2. The van der Waals surface area contributed by atoms with Crippen molar-refractivity contribution in [3.05, 3.63) is 83.7 Å². The van der Waals surface area contributed by atoms with Crippen molar-refractivity contribution < 1.29 is 49.5 Å². The van der Waals surface area contributed by atoms with E-state index in [4.69, 9.17) is 0 Å². The number of amides is 4. The molecule has 1 aliphatic heterocycles. The van der Waals surface area contributed by atoms with Crippen LogP contribution in [-0.2, 0) is 27.3 Å². The number of nitrogens with one attached hydrogen (secondary N) is 2. The number of carbonyl (C=O) groups excluding carboxylic acids is 3. The van der Waals surface area contributed by atoms with E-state index in [-0.39, 0.29) is 36.6 Å². The fourth-order valence-corrected chi connectivity index (χ4v) is 6.41. The van der Waals surface area contributed by atoms with Gasteiger partial charge in [-0.2, -0.15) is 4.31 Å².